The molecule has 0 heterocycles. The lowest BCUT2D eigenvalue weighted by molar-refractivity contribution is 0.0999. The van der Waals surface area contributed by atoms with Crippen LogP contribution in [0.25, 0.3) is 0 Å². The minimum Gasteiger partial charge on any atom is -0.366 e. The van der Waals surface area contributed by atoms with Gasteiger partial charge in [-0.2, -0.15) is 0 Å². The highest BCUT2D eigenvalue weighted by Crippen LogP contribution is 2.20. The van der Waals surface area contributed by atoms with Crippen LogP contribution in [-0.2, 0) is 10.0 Å². The van der Waals surface area contributed by atoms with Crippen LogP contribution in [0.15, 0.2) is 51.8 Å². The van der Waals surface area contributed by atoms with Crippen molar-refractivity contribution in [3.05, 3.63) is 58.1 Å². The zero-order valence-corrected chi connectivity index (χ0v) is 13.5. The van der Waals surface area contributed by atoms with Crippen LogP contribution in [0.3, 0.4) is 0 Å². The molecule has 7 heteroatoms. The highest BCUT2D eigenvalue weighted by molar-refractivity contribution is 9.10. The molecular weight excluding hydrogens is 356 g/mol. The van der Waals surface area contributed by atoms with E-state index in [4.69, 9.17) is 5.73 Å². The molecule has 0 radical (unpaired) electrons. The number of nitrogens with one attached hydrogen (secondary N) is 1. The van der Waals surface area contributed by atoms with Gasteiger partial charge in [0.2, 0.25) is 5.91 Å². The van der Waals surface area contributed by atoms with Crippen molar-refractivity contribution in [2.75, 3.05) is 4.72 Å². The molecule has 0 aliphatic heterocycles. The number of benzene rings is 2. The van der Waals surface area contributed by atoms with Crippen molar-refractivity contribution in [2.24, 2.45) is 5.73 Å². The average molecular weight is 369 g/mol. The van der Waals surface area contributed by atoms with Gasteiger partial charge in [0.25, 0.3) is 10.0 Å². The number of sulfonamides is 1. The Morgan fingerprint density at radius 3 is 2.33 bits per heavy atom. The molecule has 0 saturated heterocycles. The van der Waals surface area contributed by atoms with E-state index in [1.54, 1.807) is 37.3 Å². The van der Waals surface area contributed by atoms with Gasteiger partial charge in [0.05, 0.1) is 4.90 Å². The number of halogens is 1. The highest BCUT2D eigenvalue weighted by atomic mass is 79.9. The molecule has 1 amide bonds. The normalized spacial score (nSPS) is 11.1. The van der Waals surface area contributed by atoms with Gasteiger partial charge in [0, 0.05) is 15.7 Å². The van der Waals surface area contributed by atoms with Gasteiger partial charge < -0.3 is 5.73 Å². The van der Waals surface area contributed by atoms with Crippen molar-refractivity contribution in [3.63, 3.8) is 0 Å². The van der Waals surface area contributed by atoms with E-state index in [0.29, 0.717) is 11.3 Å². The first-order valence-corrected chi connectivity index (χ1v) is 8.26. The van der Waals surface area contributed by atoms with Gasteiger partial charge in [0.1, 0.15) is 0 Å². The molecule has 21 heavy (non-hydrogen) atoms. The van der Waals surface area contributed by atoms with Crippen molar-refractivity contribution in [1.29, 1.82) is 0 Å². The molecule has 0 aliphatic rings. The second kappa shape index (κ2) is 5.87. The second-order valence-corrected chi connectivity index (χ2v) is 7.05. The number of carbonyl (C=O) groups excluding carboxylic acids is 1. The van der Waals surface area contributed by atoms with Crippen molar-refractivity contribution in [3.8, 4) is 0 Å². The molecule has 0 bridgehead atoms. The molecule has 0 aromatic heterocycles. The van der Waals surface area contributed by atoms with E-state index < -0.39 is 15.9 Å². The summed E-state index contributed by atoms with van der Waals surface area (Å²) in [6.45, 7) is 1.69. The second-order valence-electron chi connectivity index (χ2n) is 4.45. The monoisotopic (exact) mass is 368 g/mol. The number of anilines is 1. The number of hydrogen-bond acceptors (Lipinski definition) is 3. The summed E-state index contributed by atoms with van der Waals surface area (Å²) >= 11 is 3.27. The maximum Gasteiger partial charge on any atom is 0.261 e. The number of aryl methyl sites for hydroxylation is 1. The lowest BCUT2D eigenvalue weighted by atomic mass is 10.1. The molecule has 0 fully saturated rings. The minimum absolute atomic E-state index is 0.00943. The predicted molar refractivity (Wildman–Crippen MR) is 84.6 cm³/mol. The third-order valence-corrected chi connectivity index (χ3v) is 4.79. The summed E-state index contributed by atoms with van der Waals surface area (Å²) in [5.41, 5.74) is 6.48. The SMILES string of the molecule is Cc1ccc(S(=O)(=O)Nc2ccc(Br)cc2)cc1C(N)=O. The topological polar surface area (TPSA) is 89.3 Å². The molecule has 2 aromatic rings. The minimum atomic E-state index is -3.77. The Hall–Kier alpha value is -1.86. The summed E-state index contributed by atoms with van der Waals surface area (Å²) in [6.07, 6.45) is 0. The van der Waals surface area contributed by atoms with Crippen LogP contribution in [0.4, 0.5) is 5.69 Å². The number of carbonyl (C=O) groups is 1. The number of amides is 1. The number of primary amides is 1. The number of rotatable bonds is 4. The van der Waals surface area contributed by atoms with Gasteiger partial charge >= 0.3 is 0 Å². The smallest absolute Gasteiger partial charge is 0.261 e. The molecule has 3 N–H and O–H groups in total. The Bertz CT molecular complexity index is 786. The summed E-state index contributed by atoms with van der Waals surface area (Å²) in [5, 5.41) is 0. The molecule has 0 spiro atoms. The van der Waals surface area contributed by atoms with Gasteiger partial charge in [0.15, 0.2) is 0 Å². The van der Waals surface area contributed by atoms with Gasteiger partial charge in [-0.25, -0.2) is 8.42 Å². The molecule has 2 aromatic carbocycles. The van der Waals surface area contributed by atoms with Crippen molar-refractivity contribution < 1.29 is 13.2 Å². The molecule has 0 saturated carbocycles. The Kier molecular flexibility index (Phi) is 4.34. The van der Waals surface area contributed by atoms with Crippen LogP contribution >= 0.6 is 15.9 Å². The van der Waals surface area contributed by atoms with Crippen molar-refractivity contribution >= 4 is 37.5 Å². The quantitative estimate of drug-likeness (QED) is 0.868. The number of hydrogen-bond donors (Lipinski definition) is 2. The van der Waals surface area contributed by atoms with Crippen LogP contribution in [0.1, 0.15) is 15.9 Å². The van der Waals surface area contributed by atoms with E-state index in [9.17, 15) is 13.2 Å². The largest absolute Gasteiger partial charge is 0.366 e. The fraction of sp³-hybridized carbons (Fsp3) is 0.0714. The highest BCUT2D eigenvalue weighted by Gasteiger charge is 2.17. The average Bonchev–Trinajstić information content (AvgIpc) is 2.41. The first-order valence-electron chi connectivity index (χ1n) is 5.98. The zero-order valence-electron chi connectivity index (χ0n) is 11.1. The molecule has 2 rings (SSSR count). The number of nitrogens with two attached hydrogens (primary N) is 1. The first-order chi connectivity index (χ1) is 9.79. The fourth-order valence-electron chi connectivity index (χ4n) is 1.77. The third-order valence-electron chi connectivity index (χ3n) is 2.88. The van der Waals surface area contributed by atoms with E-state index in [0.717, 1.165) is 4.47 Å². The Morgan fingerprint density at radius 1 is 1.14 bits per heavy atom. The predicted octanol–water partition coefficient (Wildman–Crippen LogP) is 2.66. The molecule has 0 atom stereocenters. The van der Waals surface area contributed by atoms with Gasteiger partial charge in [-0.15, -0.1) is 0 Å². The van der Waals surface area contributed by atoms with Gasteiger partial charge in [-0.3, -0.25) is 9.52 Å². The molecular formula is C14H13BrN2O3S. The van der Waals surface area contributed by atoms with Crippen molar-refractivity contribution in [1.82, 2.24) is 0 Å². The van der Waals surface area contributed by atoms with E-state index >= 15 is 0 Å². The molecule has 110 valence electrons. The summed E-state index contributed by atoms with van der Waals surface area (Å²) < 4.78 is 27.9. The van der Waals surface area contributed by atoms with Crippen LogP contribution < -0.4 is 10.5 Å². The van der Waals surface area contributed by atoms with Crippen LogP contribution in [-0.4, -0.2) is 14.3 Å². The Labute approximate surface area is 131 Å². The summed E-state index contributed by atoms with van der Waals surface area (Å²) in [7, 11) is -3.77. The van der Waals surface area contributed by atoms with Crippen LogP contribution in [0, 0.1) is 6.92 Å². The van der Waals surface area contributed by atoms with Gasteiger partial charge in [-0.1, -0.05) is 22.0 Å². The lowest BCUT2D eigenvalue weighted by Gasteiger charge is -2.10. The maximum absolute atomic E-state index is 12.3. The van der Waals surface area contributed by atoms with Crippen LogP contribution in [0.5, 0.6) is 0 Å². The zero-order chi connectivity index (χ0) is 15.6. The van der Waals surface area contributed by atoms with E-state index in [1.807, 2.05) is 0 Å². The van der Waals surface area contributed by atoms with Gasteiger partial charge in [-0.05, 0) is 48.9 Å². The molecule has 0 aliphatic carbocycles. The Morgan fingerprint density at radius 2 is 1.76 bits per heavy atom. The summed E-state index contributed by atoms with van der Waals surface area (Å²) in [5.74, 6) is -0.659. The lowest BCUT2D eigenvalue weighted by Crippen LogP contribution is -2.17. The Balaban J connectivity index is 2.38. The molecule has 0 unspecified atom stereocenters. The van der Waals surface area contributed by atoms with Crippen LogP contribution in [0.2, 0.25) is 0 Å². The van der Waals surface area contributed by atoms with E-state index in [-0.39, 0.29) is 10.5 Å². The van der Waals surface area contributed by atoms with E-state index in [1.165, 1.54) is 12.1 Å². The third kappa shape index (κ3) is 3.62. The maximum atomic E-state index is 12.3. The first kappa shape index (κ1) is 15.5. The summed E-state index contributed by atoms with van der Waals surface area (Å²) in [4.78, 5) is 11.3. The van der Waals surface area contributed by atoms with E-state index in [2.05, 4.69) is 20.7 Å². The summed E-state index contributed by atoms with van der Waals surface area (Å²) in [6, 6.07) is 11.0. The molecule has 5 nitrogen and oxygen atoms in total. The standard InChI is InChI=1S/C14H13BrN2O3S/c1-9-2-7-12(8-13(9)14(16)18)21(19,20)17-11-5-3-10(15)4-6-11/h2-8,17H,1H3,(H2,16,18). The fourth-order valence-corrected chi connectivity index (χ4v) is 3.11. The van der Waals surface area contributed by atoms with Crippen molar-refractivity contribution in [2.45, 2.75) is 11.8 Å².